The second kappa shape index (κ2) is 8.94. The van der Waals surface area contributed by atoms with Crippen molar-refractivity contribution < 1.29 is 14.3 Å². The maximum Gasteiger partial charge on any atom is 0.257 e. The van der Waals surface area contributed by atoms with Crippen molar-refractivity contribution in [1.29, 1.82) is 0 Å². The van der Waals surface area contributed by atoms with Crippen LogP contribution in [0.4, 0.5) is 5.82 Å². The van der Waals surface area contributed by atoms with E-state index in [1.807, 2.05) is 19.3 Å². The van der Waals surface area contributed by atoms with Crippen LogP contribution < -0.4 is 10.6 Å². The molecule has 1 aliphatic carbocycles. The van der Waals surface area contributed by atoms with Crippen LogP contribution in [0.2, 0.25) is 0 Å². The summed E-state index contributed by atoms with van der Waals surface area (Å²) in [5, 5.41) is 10.7. The number of anilines is 1. The SMILES string of the molecule is CNc1cc(-c2cnc3n(C4CCOCC4)cccc2-3)nc2c(C(=O)N[C@H]3CC[C@@H]3OC)cnn12. The number of ether oxygens (including phenoxy) is 2. The minimum atomic E-state index is -0.193. The molecule has 0 aromatic carbocycles. The Morgan fingerprint density at radius 2 is 2.03 bits per heavy atom. The van der Waals surface area contributed by atoms with Crippen molar-refractivity contribution in [2.75, 3.05) is 32.7 Å². The van der Waals surface area contributed by atoms with Crippen LogP contribution in [-0.4, -0.2) is 69.6 Å². The van der Waals surface area contributed by atoms with Crippen LogP contribution in [-0.2, 0) is 9.47 Å². The second-order valence-electron chi connectivity index (χ2n) is 9.17. The third-order valence-electron chi connectivity index (χ3n) is 7.26. The van der Waals surface area contributed by atoms with E-state index in [0.29, 0.717) is 17.3 Å². The molecule has 2 aromatic rings. The number of methoxy groups -OCH3 is 1. The van der Waals surface area contributed by atoms with Crippen LogP contribution in [0, 0.1) is 0 Å². The molecular formula is C25H29N7O3. The lowest BCUT2D eigenvalue weighted by Gasteiger charge is -2.35. The van der Waals surface area contributed by atoms with Crippen LogP contribution in [0.3, 0.4) is 0 Å². The predicted molar refractivity (Wildman–Crippen MR) is 131 cm³/mol. The molecular weight excluding hydrogens is 446 g/mol. The van der Waals surface area contributed by atoms with Gasteiger partial charge in [0.15, 0.2) is 5.65 Å². The molecule has 1 saturated heterocycles. The number of nitrogens with one attached hydrogen (secondary N) is 2. The Hall–Kier alpha value is -3.50. The van der Waals surface area contributed by atoms with Gasteiger partial charge in [0.05, 0.1) is 24.0 Å². The van der Waals surface area contributed by atoms with Gasteiger partial charge in [-0.1, -0.05) is 0 Å². The van der Waals surface area contributed by atoms with Gasteiger partial charge in [0, 0.05) is 63.0 Å². The average molecular weight is 476 g/mol. The molecule has 2 N–H and O–H groups in total. The van der Waals surface area contributed by atoms with Crippen LogP contribution in [0.25, 0.3) is 28.3 Å². The molecule has 1 saturated carbocycles. The van der Waals surface area contributed by atoms with Gasteiger partial charge in [0.25, 0.3) is 5.91 Å². The molecule has 35 heavy (non-hydrogen) atoms. The largest absolute Gasteiger partial charge is 0.381 e. The quantitative estimate of drug-likeness (QED) is 0.441. The zero-order chi connectivity index (χ0) is 23.9. The topological polar surface area (TPSA) is 108 Å². The van der Waals surface area contributed by atoms with E-state index in [-0.39, 0.29) is 18.1 Å². The molecule has 2 atom stereocenters. The summed E-state index contributed by atoms with van der Waals surface area (Å²) in [6, 6.07) is 6.45. The molecule has 3 aliphatic heterocycles. The van der Waals surface area contributed by atoms with Gasteiger partial charge < -0.3 is 24.7 Å². The second-order valence-corrected chi connectivity index (χ2v) is 9.17. The summed E-state index contributed by atoms with van der Waals surface area (Å²) >= 11 is 0. The molecule has 10 heteroatoms. The summed E-state index contributed by atoms with van der Waals surface area (Å²) in [5.41, 5.74) is 3.63. The zero-order valence-corrected chi connectivity index (χ0v) is 19.9. The smallest absolute Gasteiger partial charge is 0.257 e. The van der Waals surface area contributed by atoms with Crippen LogP contribution >= 0.6 is 0 Å². The molecule has 6 rings (SSSR count). The van der Waals surface area contributed by atoms with Gasteiger partial charge in [-0.15, -0.1) is 0 Å². The van der Waals surface area contributed by atoms with Crippen molar-refractivity contribution in [3.8, 4) is 22.6 Å². The standard InChI is InChI=1S/C25H29N7O3/c1-26-22-12-20(17-13-27-23-16(17)4-3-9-31(23)15-7-10-35-11-8-15)29-24-18(14-28-32(22)24)25(33)30-19-5-6-21(19)34-2/h3-4,9,12-15,19,21,26H,5-8,10-11H2,1-2H3,(H,30,33)/t19-,21-/m0/s1. The van der Waals surface area contributed by atoms with Crippen LogP contribution in [0.15, 0.2) is 36.8 Å². The van der Waals surface area contributed by atoms with Crippen molar-refractivity contribution in [3.63, 3.8) is 0 Å². The number of rotatable bonds is 6. The Bertz CT molecular complexity index is 1340. The van der Waals surface area contributed by atoms with Crippen molar-refractivity contribution in [1.82, 2.24) is 29.5 Å². The first-order valence-electron chi connectivity index (χ1n) is 12.1. The Morgan fingerprint density at radius 3 is 2.77 bits per heavy atom. The number of carbonyl (C=O) groups is 1. The fraction of sp³-hybridized carbons (Fsp3) is 0.440. The molecule has 0 unspecified atom stereocenters. The Kier molecular flexibility index (Phi) is 5.62. The van der Waals surface area contributed by atoms with E-state index in [1.165, 1.54) is 0 Å². The summed E-state index contributed by atoms with van der Waals surface area (Å²) in [4.78, 5) is 22.8. The van der Waals surface area contributed by atoms with Gasteiger partial charge in [-0.05, 0) is 37.8 Å². The molecule has 10 nitrogen and oxygen atoms in total. The molecule has 0 bridgehead atoms. The number of nitrogens with zero attached hydrogens (tertiary/aromatic N) is 5. The first-order chi connectivity index (χ1) is 17.2. The number of pyridine rings is 1. The summed E-state index contributed by atoms with van der Waals surface area (Å²) in [6.45, 7) is 1.53. The van der Waals surface area contributed by atoms with E-state index in [4.69, 9.17) is 19.4 Å². The molecule has 1 amide bonds. The third-order valence-corrected chi connectivity index (χ3v) is 7.26. The van der Waals surface area contributed by atoms with E-state index < -0.39 is 0 Å². The minimum Gasteiger partial charge on any atom is -0.381 e. The van der Waals surface area contributed by atoms with Crippen molar-refractivity contribution in [2.45, 2.75) is 43.9 Å². The Morgan fingerprint density at radius 1 is 1.17 bits per heavy atom. The van der Waals surface area contributed by atoms with E-state index in [9.17, 15) is 4.79 Å². The van der Waals surface area contributed by atoms with Crippen LogP contribution in [0.1, 0.15) is 42.1 Å². The lowest BCUT2D eigenvalue weighted by molar-refractivity contribution is 0.00732. The van der Waals surface area contributed by atoms with E-state index in [0.717, 1.165) is 67.4 Å². The van der Waals surface area contributed by atoms with Gasteiger partial charge in [0.1, 0.15) is 17.2 Å². The lowest BCUT2D eigenvalue weighted by Crippen LogP contribution is -2.51. The highest BCUT2D eigenvalue weighted by molar-refractivity contribution is 6.00. The number of amides is 1. The van der Waals surface area contributed by atoms with E-state index in [2.05, 4.69) is 38.6 Å². The van der Waals surface area contributed by atoms with E-state index >= 15 is 0 Å². The molecule has 2 aromatic heterocycles. The number of aromatic nitrogens is 5. The summed E-state index contributed by atoms with van der Waals surface area (Å²) < 4.78 is 14.9. The number of fused-ring (bicyclic) bond motifs is 2. The van der Waals surface area contributed by atoms with Gasteiger partial charge in [-0.25, -0.2) is 9.97 Å². The normalized spacial score (nSPS) is 20.7. The number of carbonyl (C=O) groups excluding carboxylic acids is 1. The minimum absolute atomic E-state index is 0.0123. The number of hydrogen-bond acceptors (Lipinski definition) is 7. The Balaban J connectivity index is 1.38. The van der Waals surface area contributed by atoms with Crippen LogP contribution in [0.5, 0.6) is 0 Å². The first kappa shape index (κ1) is 22.0. The highest BCUT2D eigenvalue weighted by atomic mass is 16.5. The molecule has 182 valence electrons. The molecule has 0 spiro atoms. The highest BCUT2D eigenvalue weighted by Gasteiger charge is 2.33. The fourth-order valence-electron chi connectivity index (χ4n) is 5.12. The monoisotopic (exact) mass is 475 g/mol. The molecule has 5 heterocycles. The third kappa shape index (κ3) is 3.73. The zero-order valence-electron chi connectivity index (χ0n) is 19.9. The fourth-order valence-corrected chi connectivity index (χ4v) is 5.12. The van der Waals surface area contributed by atoms with E-state index in [1.54, 1.807) is 17.8 Å². The van der Waals surface area contributed by atoms with Gasteiger partial charge >= 0.3 is 0 Å². The van der Waals surface area contributed by atoms with Gasteiger partial charge in [-0.3, -0.25) is 4.79 Å². The molecule has 4 aliphatic rings. The Labute approximate surface area is 203 Å². The summed E-state index contributed by atoms with van der Waals surface area (Å²) in [5.74, 6) is 1.48. The van der Waals surface area contributed by atoms with Crippen molar-refractivity contribution in [2.24, 2.45) is 0 Å². The summed E-state index contributed by atoms with van der Waals surface area (Å²) in [6.07, 6.45) is 9.39. The molecule has 2 fully saturated rings. The average Bonchev–Trinajstić information content (AvgIpc) is 3.51. The van der Waals surface area contributed by atoms with Gasteiger partial charge in [0.2, 0.25) is 0 Å². The van der Waals surface area contributed by atoms with Gasteiger partial charge in [-0.2, -0.15) is 9.61 Å². The lowest BCUT2D eigenvalue weighted by atomic mass is 9.89. The van der Waals surface area contributed by atoms with Crippen molar-refractivity contribution in [3.05, 3.63) is 42.4 Å². The van der Waals surface area contributed by atoms with Crippen molar-refractivity contribution >= 4 is 17.4 Å². The summed E-state index contributed by atoms with van der Waals surface area (Å²) in [7, 11) is 3.51. The molecule has 0 radical (unpaired) electrons. The first-order valence-corrected chi connectivity index (χ1v) is 12.1. The predicted octanol–water partition coefficient (Wildman–Crippen LogP) is 3.00. The number of hydrogen-bond donors (Lipinski definition) is 2. The highest BCUT2D eigenvalue weighted by Crippen LogP contribution is 2.36. The maximum absolute atomic E-state index is 13.1. The maximum atomic E-state index is 13.1.